The molecular formula is C6H9N3OS. The Balaban J connectivity index is 2.76. The molecule has 5 heteroatoms. The monoisotopic (exact) mass is 171 g/mol. The van der Waals surface area contributed by atoms with Crippen LogP contribution in [-0.2, 0) is 6.54 Å². The number of carbonyl (C=O) groups excluding carboxylic acids is 1. The summed E-state index contributed by atoms with van der Waals surface area (Å²) in [5.74, 6) is 0. The highest BCUT2D eigenvalue weighted by molar-refractivity contribution is 7.10. The summed E-state index contributed by atoms with van der Waals surface area (Å²) in [6.45, 7) is 0.424. The lowest BCUT2D eigenvalue weighted by Gasteiger charge is -1.99. The molecule has 11 heavy (non-hydrogen) atoms. The minimum absolute atomic E-state index is 0.424. The van der Waals surface area contributed by atoms with Crippen LogP contribution in [0.5, 0.6) is 0 Å². The maximum atomic E-state index is 10.4. The van der Waals surface area contributed by atoms with Crippen molar-refractivity contribution in [1.29, 1.82) is 0 Å². The minimum atomic E-state index is -0.557. The highest BCUT2D eigenvalue weighted by atomic mass is 32.1. The van der Waals surface area contributed by atoms with Crippen LogP contribution in [0.1, 0.15) is 4.88 Å². The van der Waals surface area contributed by atoms with Crippen LogP contribution in [0.15, 0.2) is 11.4 Å². The number of nitrogens with one attached hydrogen (secondary N) is 1. The second-order valence-corrected chi connectivity index (χ2v) is 2.95. The smallest absolute Gasteiger partial charge is 0.316 e. The van der Waals surface area contributed by atoms with Crippen molar-refractivity contribution in [2.45, 2.75) is 6.54 Å². The lowest BCUT2D eigenvalue weighted by atomic mass is 10.4. The average molecular weight is 171 g/mol. The zero-order chi connectivity index (χ0) is 8.27. The molecular weight excluding hydrogens is 162 g/mol. The highest BCUT2D eigenvalue weighted by Crippen LogP contribution is 2.20. The molecule has 1 aromatic heterocycles. The summed E-state index contributed by atoms with van der Waals surface area (Å²) in [6.07, 6.45) is 0. The fourth-order valence-corrected chi connectivity index (χ4v) is 1.45. The fraction of sp³-hybridized carbons (Fsp3) is 0.167. The van der Waals surface area contributed by atoms with Gasteiger partial charge in [0.25, 0.3) is 0 Å². The number of anilines is 1. The van der Waals surface area contributed by atoms with Gasteiger partial charge in [0.1, 0.15) is 0 Å². The molecule has 1 aromatic rings. The Bertz CT molecular complexity index is 258. The number of thiophene rings is 1. The lowest BCUT2D eigenvalue weighted by Crippen LogP contribution is -2.19. The van der Waals surface area contributed by atoms with Gasteiger partial charge >= 0.3 is 6.03 Å². The Morgan fingerprint density at radius 1 is 1.73 bits per heavy atom. The van der Waals surface area contributed by atoms with Crippen molar-refractivity contribution in [1.82, 2.24) is 0 Å². The van der Waals surface area contributed by atoms with Gasteiger partial charge in [0, 0.05) is 11.4 Å². The third-order valence-electron chi connectivity index (χ3n) is 1.19. The van der Waals surface area contributed by atoms with E-state index in [1.807, 2.05) is 5.38 Å². The van der Waals surface area contributed by atoms with Gasteiger partial charge in [0.15, 0.2) is 0 Å². The molecule has 4 nitrogen and oxygen atoms in total. The standard InChI is InChI=1S/C6H9N3OS/c7-3-5-4(1-2-11-5)9-6(8)10/h1-2H,3,7H2,(H3,8,9,10). The third-order valence-corrected chi connectivity index (χ3v) is 2.13. The number of carbonyl (C=O) groups is 1. The van der Waals surface area contributed by atoms with Gasteiger partial charge < -0.3 is 16.8 Å². The number of hydrogen-bond donors (Lipinski definition) is 3. The van der Waals surface area contributed by atoms with Crippen molar-refractivity contribution in [2.75, 3.05) is 5.32 Å². The van der Waals surface area contributed by atoms with E-state index < -0.39 is 6.03 Å². The summed E-state index contributed by atoms with van der Waals surface area (Å²) in [5.41, 5.74) is 11.0. The molecule has 0 radical (unpaired) electrons. The first-order valence-corrected chi connectivity index (χ1v) is 3.95. The minimum Gasteiger partial charge on any atom is -0.351 e. The van der Waals surface area contributed by atoms with Crippen LogP contribution in [0.2, 0.25) is 0 Å². The highest BCUT2D eigenvalue weighted by Gasteiger charge is 2.02. The van der Waals surface area contributed by atoms with Crippen molar-refractivity contribution in [2.24, 2.45) is 11.5 Å². The molecule has 0 aliphatic rings. The van der Waals surface area contributed by atoms with E-state index in [0.717, 1.165) is 4.88 Å². The van der Waals surface area contributed by atoms with Gasteiger partial charge in [-0.3, -0.25) is 0 Å². The second-order valence-electron chi connectivity index (χ2n) is 1.95. The van der Waals surface area contributed by atoms with Crippen LogP contribution in [0, 0.1) is 0 Å². The van der Waals surface area contributed by atoms with Gasteiger partial charge in [0.2, 0.25) is 0 Å². The van der Waals surface area contributed by atoms with E-state index in [1.165, 1.54) is 11.3 Å². The molecule has 0 saturated carbocycles. The van der Waals surface area contributed by atoms with Crippen LogP contribution in [0.4, 0.5) is 10.5 Å². The maximum absolute atomic E-state index is 10.4. The predicted octanol–water partition coefficient (Wildman–Crippen LogP) is 0.697. The molecule has 0 aliphatic heterocycles. The summed E-state index contributed by atoms with van der Waals surface area (Å²) in [4.78, 5) is 11.3. The molecule has 0 aliphatic carbocycles. The molecule has 0 unspecified atom stereocenters. The SMILES string of the molecule is NCc1sccc1NC(N)=O. The summed E-state index contributed by atoms with van der Waals surface area (Å²) in [6, 6.07) is 1.22. The zero-order valence-electron chi connectivity index (χ0n) is 5.83. The fourth-order valence-electron chi connectivity index (χ4n) is 0.743. The second kappa shape index (κ2) is 3.36. The van der Waals surface area contributed by atoms with Crippen LogP contribution >= 0.6 is 11.3 Å². The van der Waals surface area contributed by atoms with Crippen molar-refractivity contribution in [3.8, 4) is 0 Å². The predicted molar refractivity (Wildman–Crippen MR) is 45.4 cm³/mol. The Morgan fingerprint density at radius 2 is 2.45 bits per heavy atom. The normalized spacial score (nSPS) is 9.55. The van der Waals surface area contributed by atoms with E-state index in [9.17, 15) is 4.79 Å². The molecule has 0 saturated heterocycles. The molecule has 1 rings (SSSR count). The number of urea groups is 1. The van der Waals surface area contributed by atoms with Crippen molar-refractivity contribution >= 4 is 23.1 Å². The molecule has 0 bridgehead atoms. The molecule has 0 spiro atoms. The van der Waals surface area contributed by atoms with Gasteiger partial charge in [-0.1, -0.05) is 0 Å². The molecule has 0 aromatic carbocycles. The maximum Gasteiger partial charge on any atom is 0.316 e. The largest absolute Gasteiger partial charge is 0.351 e. The van der Waals surface area contributed by atoms with Gasteiger partial charge in [-0.15, -0.1) is 11.3 Å². The third kappa shape index (κ3) is 1.92. The van der Waals surface area contributed by atoms with Crippen molar-refractivity contribution < 1.29 is 4.79 Å². The lowest BCUT2D eigenvalue weighted by molar-refractivity contribution is 0.259. The quantitative estimate of drug-likeness (QED) is 0.612. The first-order chi connectivity index (χ1) is 5.24. The van der Waals surface area contributed by atoms with Gasteiger partial charge in [0.05, 0.1) is 5.69 Å². The number of amides is 2. The van der Waals surface area contributed by atoms with E-state index in [-0.39, 0.29) is 0 Å². The van der Waals surface area contributed by atoms with E-state index in [1.54, 1.807) is 6.07 Å². The molecule has 0 atom stereocenters. The molecule has 5 N–H and O–H groups in total. The van der Waals surface area contributed by atoms with Crippen LogP contribution in [-0.4, -0.2) is 6.03 Å². The number of hydrogen-bond acceptors (Lipinski definition) is 3. The van der Waals surface area contributed by atoms with E-state index >= 15 is 0 Å². The summed E-state index contributed by atoms with van der Waals surface area (Å²) >= 11 is 1.50. The molecule has 2 amide bonds. The van der Waals surface area contributed by atoms with E-state index in [2.05, 4.69) is 5.32 Å². The van der Waals surface area contributed by atoms with Gasteiger partial charge in [-0.25, -0.2) is 4.79 Å². The number of rotatable bonds is 2. The summed E-state index contributed by atoms with van der Waals surface area (Å²) < 4.78 is 0. The Kier molecular flexibility index (Phi) is 2.45. The van der Waals surface area contributed by atoms with Crippen molar-refractivity contribution in [3.05, 3.63) is 16.3 Å². The first-order valence-electron chi connectivity index (χ1n) is 3.07. The number of primary amides is 1. The van der Waals surface area contributed by atoms with Gasteiger partial charge in [-0.2, -0.15) is 0 Å². The molecule has 0 fully saturated rings. The number of nitrogens with two attached hydrogens (primary N) is 2. The average Bonchev–Trinajstić information content (AvgIpc) is 2.34. The Labute approximate surface area is 68.2 Å². The molecule has 1 heterocycles. The zero-order valence-corrected chi connectivity index (χ0v) is 6.65. The Hall–Kier alpha value is -1.07. The van der Waals surface area contributed by atoms with E-state index in [0.29, 0.717) is 12.2 Å². The van der Waals surface area contributed by atoms with E-state index in [4.69, 9.17) is 11.5 Å². The van der Waals surface area contributed by atoms with Crippen LogP contribution in [0.3, 0.4) is 0 Å². The molecule has 60 valence electrons. The van der Waals surface area contributed by atoms with Crippen LogP contribution in [0.25, 0.3) is 0 Å². The van der Waals surface area contributed by atoms with Crippen LogP contribution < -0.4 is 16.8 Å². The van der Waals surface area contributed by atoms with Crippen molar-refractivity contribution in [3.63, 3.8) is 0 Å². The summed E-state index contributed by atoms with van der Waals surface area (Å²) in [5, 5.41) is 4.33. The van der Waals surface area contributed by atoms with Gasteiger partial charge in [-0.05, 0) is 11.4 Å². The first kappa shape index (κ1) is 8.03. The summed E-state index contributed by atoms with van der Waals surface area (Å²) in [7, 11) is 0. The Morgan fingerprint density at radius 3 is 3.00 bits per heavy atom. The topological polar surface area (TPSA) is 81.1 Å².